The first kappa shape index (κ1) is 21.0. The minimum atomic E-state index is -4.31. The van der Waals surface area contributed by atoms with Crippen molar-refractivity contribution in [1.82, 2.24) is 5.32 Å². The quantitative estimate of drug-likeness (QED) is 0.781. The van der Waals surface area contributed by atoms with Crippen LogP contribution in [0.2, 0.25) is 0 Å². The van der Waals surface area contributed by atoms with Gasteiger partial charge in [0.15, 0.2) is 0 Å². The number of hydrogen-bond donors (Lipinski definition) is 2. The van der Waals surface area contributed by atoms with Gasteiger partial charge in [-0.1, -0.05) is 24.3 Å². The highest BCUT2D eigenvalue weighted by molar-refractivity contribution is 5.85. The van der Waals surface area contributed by atoms with Gasteiger partial charge in [-0.05, 0) is 42.2 Å². The number of nitrogens with two attached hydrogens (primary N) is 1. The third-order valence-electron chi connectivity index (χ3n) is 5.31. The van der Waals surface area contributed by atoms with Crippen LogP contribution in [0.4, 0.5) is 13.2 Å². The average Bonchev–Trinajstić information content (AvgIpc) is 3.14. The second-order valence-corrected chi connectivity index (χ2v) is 7.08. The van der Waals surface area contributed by atoms with Crippen LogP contribution in [0, 0.1) is 17.8 Å². The van der Waals surface area contributed by atoms with E-state index in [2.05, 4.69) is 10.1 Å². The Kier molecular flexibility index (Phi) is 6.93. The van der Waals surface area contributed by atoms with Crippen LogP contribution >= 0.6 is 12.4 Å². The second kappa shape index (κ2) is 8.59. The maximum atomic E-state index is 12.4. The van der Waals surface area contributed by atoms with E-state index in [1.807, 2.05) is 0 Å². The van der Waals surface area contributed by atoms with Crippen LogP contribution in [0.1, 0.15) is 30.4 Å². The Balaban J connectivity index is 0.00000243. The molecule has 1 aromatic carbocycles. The lowest BCUT2D eigenvalue weighted by molar-refractivity contribution is -0.176. The predicted octanol–water partition coefficient (Wildman–Crippen LogP) is 3.18. The number of rotatable bonds is 6. The topological polar surface area (TPSA) is 64.4 Å². The first-order valence-electron chi connectivity index (χ1n) is 8.59. The maximum Gasteiger partial charge on any atom is 0.411 e. The monoisotopic (exact) mass is 392 g/mol. The molecule has 0 aliphatic heterocycles. The van der Waals surface area contributed by atoms with Gasteiger partial charge in [0, 0.05) is 12.6 Å². The van der Waals surface area contributed by atoms with Crippen molar-refractivity contribution in [2.75, 3.05) is 6.61 Å². The van der Waals surface area contributed by atoms with E-state index in [0.717, 1.165) is 24.8 Å². The standard InChI is InChI=1S/C18H23F3N2O2.ClH/c19-18(20,21)10-25-9-12-3-1-11(2-4-12)8-23-17(24)15-13-5-6-14(7-13)16(15)22;/h1-4,13-16H,5-10,22H2,(H,23,24);1H. The van der Waals surface area contributed by atoms with Crippen LogP contribution in [0.5, 0.6) is 0 Å². The van der Waals surface area contributed by atoms with Crippen LogP contribution < -0.4 is 11.1 Å². The Labute approximate surface area is 157 Å². The predicted molar refractivity (Wildman–Crippen MR) is 93.5 cm³/mol. The number of alkyl halides is 3. The van der Waals surface area contributed by atoms with Crippen LogP contribution in [0.15, 0.2) is 24.3 Å². The first-order valence-corrected chi connectivity index (χ1v) is 8.59. The van der Waals surface area contributed by atoms with E-state index in [1.54, 1.807) is 24.3 Å². The number of carbonyl (C=O) groups is 1. The molecular weight excluding hydrogens is 369 g/mol. The number of halogens is 4. The lowest BCUT2D eigenvalue weighted by Crippen LogP contribution is -2.45. The third-order valence-corrected chi connectivity index (χ3v) is 5.31. The summed E-state index contributed by atoms with van der Waals surface area (Å²) in [5, 5.41) is 2.94. The van der Waals surface area contributed by atoms with Crippen molar-refractivity contribution in [3.05, 3.63) is 35.4 Å². The van der Waals surface area contributed by atoms with Crippen molar-refractivity contribution in [2.24, 2.45) is 23.5 Å². The molecule has 2 bridgehead atoms. The number of amides is 1. The van der Waals surface area contributed by atoms with Gasteiger partial charge in [0.1, 0.15) is 6.61 Å². The van der Waals surface area contributed by atoms with Crippen LogP contribution in [0.3, 0.4) is 0 Å². The molecule has 0 saturated heterocycles. The Morgan fingerprint density at radius 3 is 2.35 bits per heavy atom. The number of hydrogen-bond acceptors (Lipinski definition) is 3. The SMILES string of the molecule is Cl.NC1C2CCC(C2)C1C(=O)NCc1ccc(COCC(F)(F)F)cc1. The van der Waals surface area contributed by atoms with Gasteiger partial charge < -0.3 is 15.8 Å². The van der Waals surface area contributed by atoms with Crippen molar-refractivity contribution in [3.8, 4) is 0 Å². The van der Waals surface area contributed by atoms with E-state index in [0.29, 0.717) is 23.9 Å². The number of fused-ring (bicyclic) bond motifs is 2. The largest absolute Gasteiger partial charge is 0.411 e. The lowest BCUT2D eigenvalue weighted by Gasteiger charge is -2.27. The van der Waals surface area contributed by atoms with E-state index in [1.165, 1.54) is 0 Å². The van der Waals surface area contributed by atoms with Crippen molar-refractivity contribution in [3.63, 3.8) is 0 Å². The molecule has 4 nitrogen and oxygen atoms in total. The summed E-state index contributed by atoms with van der Waals surface area (Å²) in [5.74, 6) is 0.816. The Morgan fingerprint density at radius 2 is 1.77 bits per heavy atom. The number of nitrogens with one attached hydrogen (secondary N) is 1. The Bertz CT molecular complexity index is 607. The Hall–Kier alpha value is -1.31. The van der Waals surface area contributed by atoms with Crippen molar-refractivity contribution < 1.29 is 22.7 Å². The van der Waals surface area contributed by atoms with E-state index in [4.69, 9.17) is 5.73 Å². The summed E-state index contributed by atoms with van der Waals surface area (Å²) in [6.07, 6.45) is -1.03. The van der Waals surface area contributed by atoms with E-state index in [9.17, 15) is 18.0 Å². The molecule has 2 aliphatic rings. The number of ether oxygens (including phenoxy) is 1. The molecule has 1 aromatic rings. The van der Waals surface area contributed by atoms with E-state index < -0.39 is 12.8 Å². The summed E-state index contributed by atoms with van der Waals surface area (Å²) in [6.45, 7) is -0.954. The summed E-state index contributed by atoms with van der Waals surface area (Å²) in [6, 6.07) is 6.95. The fraction of sp³-hybridized carbons (Fsp3) is 0.611. The summed E-state index contributed by atoms with van der Waals surface area (Å²) in [7, 11) is 0. The molecule has 146 valence electrons. The highest BCUT2D eigenvalue weighted by atomic mass is 35.5. The molecule has 3 rings (SSSR count). The van der Waals surface area contributed by atoms with Crippen LogP contribution in [-0.2, 0) is 22.7 Å². The van der Waals surface area contributed by atoms with Crippen molar-refractivity contribution in [2.45, 2.75) is 44.6 Å². The zero-order chi connectivity index (χ0) is 18.0. The van der Waals surface area contributed by atoms with Gasteiger partial charge in [-0.3, -0.25) is 4.79 Å². The first-order chi connectivity index (χ1) is 11.8. The summed E-state index contributed by atoms with van der Waals surface area (Å²) in [4.78, 5) is 12.4. The lowest BCUT2D eigenvalue weighted by atomic mass is 9.84. The molecular formula is C18H24ClF3N2O2. The fourth-order valence-corrected chi connectivity index (χ4v) is 4.07. The zero-order valence-electron chi connectivity index (χ0n) is 14.3. The highest BCUT2D eigenvalue weighted by Crippen LogP contribution is 2.47. The molecule has 4 unspecified atom stereocenters. The molecule has 4 atom stereocenters. The van der Waals surface area contributed by atoms with Crippen molar-refractivity contribution >= 4 is 18.3 Å². The van der Waals surface area contributed by atoms with E-state index in [-0.39, 0.29) is 36.9 Å². The molecule has 2 fully saturated rings. The molecule has 26 heavy (non-hydrogen) atoms. The highest BCUT2D eigenvalue weighted by Gasteiger charge is 2.48. The fourth-order valence-electron chi connectivity index (χ4n) is 4.07. The molecule has 0 spiro atoms. The van der Waals surface area contributed by atoms with Gasteiger partial charge in [-0.2, -0.15) is 13.2 Å². The van der Waals surface area contributed by atoms with Gasteiger partial charge in [-0.25, -0.2) is 0 Å². The van der Waals surface area contributed by atoms with Gasteiger partial charge in [0.25, 0.3) is 0 Å². The molecule has 1 amide bonds. The number of carbonyl (C=O) groups excluding carboxylic acids is 1. The Morgan fingerprint density at radius 1 is 1.15 bits per heavy atom. The molecule has 3 N–H and O–H groups in total. The minimum absolute atomic E-state index is 0. The van der Waals surface area contributed by atoms with Gasteiger partial charge in [0.2, 0.25) is 5.91 Å². The van der Waals surface area contributed by atoms with Gasteiger partial charge >= 0.3 is 6.18 Å². The average molecular weight is 393 g/mol. The zero-order valence-corrected chi connectivity index (χ0v) is 15.1. The van der Waals surface area contributed by atoms with Gasteiger partial charge in [0.05, 0.1) is 12.5 Å². The molecule has 0 radical (unpaired) electrons. The molecule has 2 saturated carbocycles. The summed E-state index contributed by atoms with van der Waals surface area (Å²) < 4.78 is 40.7. The van der Waals surface area contributed by atoms with Crippen LogP contribution in [0.25, 0.3) is 0 Å². The van der Waals surface area contributed by atoms with E-state index >= 15 is 0 Å². The van der Waals surface area contributed by atoms with Crippen molar-refractivity contribution in [1.29, 1.82) is 0 Å². The smallest absolute Gasteiger partial charge is 0.367 e. The van der Waals surface area contributed by atoms with Crippen LogP contribution in [-0.4, -0.2) is 24.7 Å². The molecule has 0 aromatic heterocycles. The van der Waals surface area contributed by atoms with Gasteiger partial charge in [-0.15, -0.1) is 12.4 Å². The molecule has 0 heterocycles. The minimum Gasteiger partial charge on any atom is -0.367 e. The summed E-state index contributed by atoms with van der Waals surface area (Å²) >= 11 is 0. The normalized spacial score (nSPS) is 27.2. The molecule has 2 aliphatic carbocycles. The third kappa shape index (κ3) is 5.11. The second-order valence-electron chi connectivity index (χ2n) is 7.08. The number of benzene rings is 1. The maximum absolute atomic E-state index is 12.4. The molecule has 8 heteroatoms. The summed E-state index contributed by atoms with van der Waals surface area (Å²) in [5.41, 5.74) is 7.73.